The standard InChI is InChI=1S/C13H10F3N3OS/c14-13(15,16)8-20-12-4-1-9(6-19-12)18-7-11-3-2-10(5-17)21-11/h1-4,6,18H,7-8H2. The van der Waals surface area contributed by atoms with E-state index in [2.05, 4.69) is 15.0 Å². The molecule has 2 rings (SSSR count). The van der Waals surface area contributed by atoms with Crippen LogP contribution in [-0.2, 0) is 6.54 Å². The molecular formula is C13H10F3N3OS. The number of rotatable bonds is 5. The van der Waals surface area contributed by atoms with Crippen molar-refractivity contribution in [2.75, 3.05) is 11.9 Å². The average Bonchev–Trinajstić information content (AvgIpc) is 2.91. The highest BCUT2D eigenvalue weighted by Gasteiger charge is 2.28. The van der Waals surface area contributed by atoms with Gasteiger partial charge in [-0.25, -0.2) is 4.98 Å². The summed E-state index contributed by atoms with van der Waals surface area (Å²) in [5.41, 5.74) is 0.654. The lowest BCUT2D eigenvalue weighted by atomic mass is 10.4. The zero-order chi connectivity index (χ0) is 15.3. The van der Waals surface area contributed by atoms with Crippen molar-refractivity contribution in [3.63, 3.8) is 0 Å². The molecule has 1 N–H and O–H groups in total. The molecule has 2 heterocycles. The largest absolute Gasteiger partial charge is 0.468 e. The third-order valence-electron chi connectivity index (χ3n) is 2.36. The highest BCUT2D eigenvalue weighted by atomic mass is 32.1. The lowest BCUT2D eigenvalue weighted by molar-refractivity contribution is -0.154. The van der Waals surface area contributed by atoms with Crippen molar-refractivity contribution >= 4 is 17.0 Å². The summed E-state index contributed by atoms with van der Waals surface area (Å²) in [5.74, 6) is -0.0826. The van der Waals surface area contributed by atoms with Gasteiger partial charge < -0.3 is 10.1 Å². The summed E-state index contributed by atoms with van der Waals surface area (Å²) >= 11 is 1.37. The maximum absolute atomic E-state index is 12.0. The van der Waals surface area contributed by atoms with Gasteiger partial charge in [0.05, 0.1) is 11.9 Å². The molecule has 0 atom stereocenters. The van der Waals surface area contributed by atoms with E-state index < -0.39 is 12.8 Å². The Bertz CT molecular complexity index is 631. The molecule has 2 aromatic heterocycles. The van der Waals surface area contributed by atoms with Crippen LogP contribution in [0.15, 0.2) is 30.5 Å². The van der Waals surface area contributed by atoms with Crippen LogP contribution in [0.2, 0.25) is 0 Å². The number of halogens is 3. The molecule has 8 heteroatoms. The summed E-state index contributed by atoms with van der Waals surface area (Å²) in [7, 11) is 0. The molecule has 21 heavy (non-hydrogen) atoms. The minimum Gasteiger partial charge on any atom is -0.468 e. The van der Waals surface area contributed by atoms with Gasteiger partial charge in [0.1, 0.15) is 10.9 Å². The first-order valence-electron chi connectivity index (χ1n) is 5.84. The Morgan fingerprint density at radius 3 is 2.67 bits per heavy atom. The summed E-state index contributed by atoms with van der Waals surface area (Å²) in [5, 5.41) is 11.8. The Balaban J connectivity index is 1.86. The Labute approximate surface area is 122 Å². The lowest BCUT2D eigenvalue weighted by Gasteiger charge is -2.09. The topological polar surface area (TPSA) is 57.9 Å². The van der Waals surface area contributed by atoms with Crippen LogP contribution in [0.1, 0.15) is 9.75 Å². The number of nitrogens with one attached hydrogen (secondary N) is 1. The first-order valence-corrected chi connectivity index (χ1v) is 6.66. The van der Waals surface area contributed by atoms with E-state index in [4.69, 9.17) is 5.26 Å². The number of alkyl halides is 3. The van der Waals surface area contributed by atoms with Gasteiger partial charge in [0.15, 0.2) is 6.61 Å². The highest BCUT2D eigenvalue weighted by Crippen LogP contribution is 2.19. The monoisotopic (exact) mass is 313 g/mol. The van der Waals surface area contributed by atoms with E-state index in [0.29, 0.717) is 17.1 Å². The summed E-state index contributed by atoms with van der Waals surface area (Å²) < 4.78 is 40.4. The number of hydrogen-bond acceptors (Lipinski definition) is 5. The van der Waals surface area contributed by atoms with Gasteiger partial charge in [-0.05, 0) is 18.2 Å². The first-order chi connectivity index (χ1) is 9.96. The van der Waals surface area contributed by atoms with Gasteiger partial charge in [0.2, 0.25) is 5.88 Å². The quantitative estimate of drug-likeness (QED) is 0.917. The van der Waals surface area contributed by atoms with E-state index in [1.807, 2.05) is 12.1 Å². The molecular weight excluding hydrogens is 303 g/mol. The van der Waals surface area contributed by atoms with Crippen LogP contribution >= 0.6 is 11.3 Å². The van der Waals surface area contributed by atoms with E-state index >= 15 is 0 Å². The molecule has 110 valence electrons. The number of nitriles is 1. The third kappa shape index (κ3) is 4.96. The maximum Gasteiger partial charge on any atom is 0.422 e. The van der Waals surface area contributed by atoms with Gasteiger partial charge in [-0.1, -0.05) is 0 Å². The van der Waals surface area contributed by atoms with Crippen molar-refractivity contribution in [2.45, 2.75) is 12.7 Å². The van der Waals surface area contributed by atoms with Crippen molar-refractivity contribution in [1.29, 1.82) is 5.26 Å². The number of pyridine rings is 1. The van der Waals surface area contributed by atoms with Gasteiger partial charge in [-0.2, -0.15) is 18.4 Å². The number of thiophene rings is 1. The van der Waals surface area contributed by atoms with Crippen LogP contribution in [-0.4, -0.2) is 17.8 Å². The molecule has 0 saturated heterocycles. The maximum atomic E-state index is 12.0. The van der Waals surface area contributed by atoms with E-state index in [0.717, 1.165) is 4.88 Å². The zero-order valence-corrected chi connectivity index (χ0v) is 11.5. The molecule has 0 unspecified atom stereocenters. The second-order valence-corrected chi connectivity index (χ2v) is 5.19. The first kappa shape index (κ1) is 15.1. The van der Waals surface area contributed by atoms with Gasteiger partial charge in [0, 0.05) is 17.5 Å². The van der Waals surface area contributed by atoms with Crippen LogP contribution in [0.3, 0.4) is 0 Å². The van der Waals surface area contributed by atoms with Crippen LogP contribution < -0.4 is 10.1 Å². The Morgan fingerprint density at radius 1 is 1.29 bits per heavy atom. The fourth-order valence-corrected chi connectivity index (χ4v) is 2.19. The zero-order valence-electron chi connectivity index (χ0n) is 10.6. The van der Waals surface area contributed by atoms with E-state index in [9.17, 15) is 13.2 Å². The number of hydrogen-bond donors (Lipinski definition) is 1. The molecule has 4 nitrogen and oxygen atoms in total. The van der Waals surface area contributed by atoms with Crippen molar-refractivity contribution in [3.8, 4) is 11.9 Å². The fraction of sp³-hybridized carbons (Fsp3) is 0.231. The smallest absolute Gasteiger partial charge is 0.422 e. The Hall–Kier alpha value is -2.27. The summed E-state index contributed by atoms with van der Waals surface area (Å²) in [6, 6.07) is 8.56. The summed E-state index contributed by atoms with van der Waals surface area (Å²) in [6.07, 6.45) is -2.99. The van der Waals surface area contributed by atoms with Gasteiger partial charge >= 0.3 is 6.18 Å². The number of aromatic nitrogens is 1. The Morgan fingerprint density at radius 2 is 2.10 bits per heavy atom. The molecule has 0 aliphatic carbocycles. The average molecular weight is 313 g/mol. The van der Waals surface area contributed by atoms with Gasteiger partial charge in [-0.3, -0.25) is 0 Å². The number of ether oxygens (including phenoxy) is 1. The fourth-order valence-electron chi connectivity index (χ4n) is 1.45. The van der Waals surface area contributed by atoms with Crippen molar-refractivity contribution in [2.24, 2.45) is 0 Å². The number of anilines is 1. The summed E-state index contributed by atoms with van der Waals surface area (Å²) in [4.78, 5) is 5.38. The predicted molar refractivity (Wildman–Crippen MR) is 72.1 cm³/mol. The SMILES string of the molecule is N#Cc1ccc(CNc2ccc(OCC(F)(F)F)nc2)s1. The highest BCUT2D eigenvalue weighted by molar-refractivity contribution is 7.12. The molecule has 0 fully saturated rings. The van der Waals surface area contributed by atoms with Crippen LogP contribution in [0, 0.1) is 11.3 Å². The molecule has 0 spiro atoms. The normalized spacial score (nSPS) is 11.0. The van der Waals surface area contributed by atoms with Crippen molar-refractivity contribution in [1.82, 2.24) is 4.98 Å². The van der Waals surface area contributed by atoms with Crippen molar-refractivity contribution < 1.29 is 17.9 Å². The van der Waals surface area contributed by atoms with Crippen molar-refractivity contribution in [3.05, 3.63) is 40.2 Å². The minimum absolute atomic E-state index is 0.0826. The van der Waals surface area contributed by atoms with Gasteiger partial charge in [0.25, 0.3) is 0 Å². The second-order valence-electron chi connectivity index (χ2n) is 4.02. The Kier molecular flexibility index (Phi) is 4.65. The summed E-state index contributed by atoms with van der Waals surface area (Å²) in [6.45, 7) is -0.851. The second kappa shape index (κ2) is 6.45. The van der Waals surface area contributed by atoms with Gasteiger partial charge in [-0.15, -0.1) is 11.3 Å². The molecule has 2 aromatic rings. The molecule has 0 aliphatic heterocycles. The van der Waals surface area contributed by atoms with Crippen LogP contribution in [0.25, 0.3) is 0 Å². The molecule has 0 bridgehead atoms. The molecule has 0 aliphatic rings. The predicted octanol–water partition coefficient (Wildman–Crippen LogP) is 3.57. The van der Waals surface area contributed by atoms with E-state index in [-0.39, 0.29) is 5.88 Å². The number of nitrogens with zero attached hydrogens (tertiary/aromatic N) is 2. The molecule has 0 saturated carbocycles. The third-order valence-corrected chi connectivity index (χ3v) is 3.35. The lowest BCUT2D eigenvalue weighted by Crippen LogP contribution is -2.19. The van der Waals surface area contributed by atoms with E-state index in [1.54, 1.807) is 12.1 Å². The minimum atomic E-state index is -4.38. The van der Waals surface area contributed by atoms with Crippen LogP contribution in [0.4, 0.5) is 18.9 Å². The molecule has 0 amide bonds. The van der Waals surface area contributed by atoms with Crippen LogP contribution in [0.5, 0.6) is 5.88 Å². The molecule has 0 radical (unpaired) electrons. The van der Waals surface area contributed by atoms with E-state index in [1.165, 1.54) is 23.6 Å². The molecule has 0 aromatic carbocycles.